The molecular formula is C22H23ClN4O3S. The van der Waals surface area contributed by atoms with Crippen molar-refractivity contribution in [2.45, 2.75) is 19.8 Å². The van der Waals surface area contributed by atoms with Crippen LogP contribution in [0.2, 0.25) is 5.02 Å². The summed E-state index contributed by atoms with van der Waals surface area (Å²) in [4.78, 5) is 27.0. The zero-order valence-electron chi connectivity index (χ0n) is 17.3. The maximum atomic E-state index is 12.9. The third-order valence-electron chi connectivity index (χ3n) is 4.47. The highest BCUT2D eigenvalue weighted by atomic mass is 35.5. The van der Waals surface area contributed by atoms with E-state index in [0.29, 0.717) is 39.6 Å². The summed E-state index contributed by atoms with van der Waals surface area (Å²) in [6, 6.07) is 14.3. The summed E-state index contributed by atoms with van der Waals surface area (Å²) in [5.41, 5.74) is 1.41. The molecule has 0 aliphatic carbocycles. The number of nitrogens with one attached hydrogen (secondary N) is 1. The molecule has 9 heteroatoms. The second-order valence-electron chi connectivity index (χ2n) is 6.74. The van der Waals surface area contributed by atoms with Gasteiger partial charge in [0, 0.05) is 35.7 Å². The standard InChI is InChI=1S/C22H23ClN4O3S/c1-3-12-27(21(29)16-5-4-6-18(14-16)30-2)13-11-19(28)24-22-26-25-20(31-22)15-7-9-17(23)10-8-15/h4-10,14H,3,11-13H2,1-2H3,(H,24,26,28). The van der Waals surface area contributed by atoms with Gasteiger partial charge in [-0.3, -0.25) is 9.59 Å². The normalized spacial score (nSPS) is 10.5. The van der Waals surface area contributed by atoms with Crippen LogP contribution in [-0.2, 0) is 4.79 Å². The number of hydrogen-bond donors (Lipinski definition) is 1. The quantitative estimate of drug-likeness (QED) is 0.500. The second kappa shape index (κ2) is 10.9. The Hall–Kier alpha value is -2.97. The van der Waals surface area contributed by atoms with Crippen LogP contribution in [0.3, 0.4) is 0 Å². The van der Waals surface area contributed by atoms with Gasteiger partial charge in [-0.2, -0.15) is 0 Å². The Labute approximate surface area is 190 Å². The zero-order valence-corrected chi connectivity index (χ0v) is 18.9. The number of benzene rings is 2. The predicted octanol–water partition coefficient (Wildman–Crippen LogP) is 4.75. The van der Waals surface area contributed by atoms with Gasteiger partial charge in [-0.05, 0) is 36.8 Å². The highest BCUT2D eigenvalue weighted by molar-refractivity contribution is 7.18. The number of rotatable bonds is 9. The maximum absolute atomic E-state index is 12.9. The molecule has 1 aromatic heterocycles. The van der Waals surface area contributed by atoms with E-state index < -0.39 is 0 Å². The smallest absolute Gasteiger partial charge is 0.254 e. The molecule has 2 amide bonds. The van der Waals surface area contributed by atoms with E-state index in [1.807, 2.05) is 19.1 Å². The molecule has 0 saturated carbocycles. The minimum absolute atomic E-state index is 0.130. The zero-order chi connectivity index (χ0) is 22.2. The topological polar surface area (TPSA) is 84.4 Å². The first-order chi connectivity index (χ1) is 15.0. The molecule has 0 unspecified atom stereocenters. The van der Waals surface area contributed by atoms with E-state index in [4.69, 9.17) is 16.3 Å². The average molecular weight is 459 g/mol. The number of nitrogens with zero attached hydrogens (tertiary/aromatic N) is 3. The van der Waals surface area contributed by atoms with Crippen molar-refractivity contribution >= 4 is 39.9 Å². The molecule has 3 rings (SSSR count). The van der Waals surface area contributed by atoms with Gasteiger partial charge in [-0.25, -0.2) is 0 Å². The van der Waals surface area contributed by atoms with Gasteiger partial charge in [0.05, 0.1) is 7.11 Å². The first kappa shape index (κ1) is 22.7. The van der Waals surface area contributed by atoms with Gasteiger partial charge >= 0.3 is 0 Å². The van der Waals surface area contributed by atoms with Crippen LogP contribution in [0.5, 0.6) is 5.75 Å². The number of anilines is 1. The van der Waals surface area contributed by atoms with Crippen molar-refractivity contribution in [1.29, 1.82) is 0 Å². The van der Waals surface area contributed by atoms with Crippen LogP contribution < -0.4 is 10.1 Å². The molecule has 0 fully saturated rings. The number of ether oxygens (including phenoxy) is 1. The fourth-order valence-electron chi connectivity index (χ4n) is 2.92. The van der Waals surface area contributed by atoms with E-state index in [9.17, 15) is 9.59 Å². The van der Waals surface area contributed by atoms with Crippen molar-refractivity contribution in [1.82, 2.24) is 15.1 Å². The van der Waals surface area contributed by atoms with Gasteiger partial charge in [0.1, 0.15) is 10.8 Å². The van der Waals surface area contributed by atoms with Crippen LogP contribution in [-0.4, -0.2) is 47.1 Å². The van der Waals surface area contributed by atoms with Gasteiger partial charge in [0.25, 0.3) is 5.91 Å². The lowest BCUT2D eigenvalue weighted by Crippen LogP contribution is -2.34. The first-order valence-electron chi connectivity index (χ1n) is 9.82. The largest absolute Gasteiger partial charge is 0.497 e. The molecule has 3 aromatic rings. The van der Waals surface area contributed by atoms with E-state index in [0.717, 1.165) is 12.0 Å². The van der Waals surface area contributed by atoms with Crippen LogP contribution in [0.15, 0.2) is 48.5 Å². The Morgan fingerprint density at radius 3 is 2.61 bits per heavy atom. The molecule has 0 bridgehead atoms. The number of carbonyl (C=O) groups excluding carboxylic acids is 2. The molecule has 31 heavy (non-hydrogen) atoms. The van der Waals surface area contributed by atoms with Crippen LogP contribution in [0.4, 0.5) is 5.13 Å². The van der Waals surface area contributed by atoms with Gasteiger partial charge < -0.3 is 15.0 Å². The van der Waals surface area contributed by atoms with Crippen LogP contribution in [0.1, 0.15) is 30.1 Å². The van der Waals surface area contributed by atoms with Crippen LogP contribution in [0.25, 0.3) is 10.6 Å². The van der Waals surface area contributed by atoms with Crippen molar-refractivity contribution in [3.63, 3.8) is 0 Å². The number of halogens is 1. The Balaban J connectivity index is 1.59. The average Bonchev–Trinajstić information content (AvgIpc) is 3.25. The fourth-order valence-corrected chi connectivity index (χ4v) is 3.82. The SMILES string of the molecule is CCCN(CCC(=O)Nc1nnc(-c2ccc(Cl)cc2)s1)C(=O)c1cccc(OC)c1. The van der Waals surface area contributed by atoms with Gasteiger partial charge in [0.2, 0.25) is 11.0 Å². The number of aromatic nitrogens is 2. The van der Waals surface area contributed by atoms with Crippen molar-refractivity contribution < 1.29 is 14.3 Å². The Morgan fingerprint density at radius 2 is 1.90 bits per heavy atom. The Morgan fingerprint density at radius 1 is 1.13 bits per heavy atom. The van der Waals surface area contributed by atoms with Gasteiger partial charge in [0.15, 0.2) is 0 Å². The summed E-state index contributed by atoms with van der Waals surface area (Å²) in [5.74, 6) is 0.264. The summed E-state index contributed by atoms with van der Waals surface area (Å²) in [6.07, 6.45) is 0.948. The second-order valence-corrected chi connectivity index (χ2v) is 8.16. The number of hydrogen-bond acceptors (Lipinski definition) is 6. The lowest BCUT2D eigenvalue weighted by molar-refractivity contribution is -0.116. The summed E-state index contributed by atoms with van der Waals surface area (Å²) >= 11 is 7.19. The maximum Gasteiger partial charge on any atom is 0.254 e. The Bertz CT molecular complexity index is 1040. The lowest BCUT2D eigenvalue weighted by Gasteiger charge is -2.22. The van der Waals surface area contributed by atoms with E-state index >= 15 is 0 Å². The number of amides is 2. The van der Waals surface area contributed by atoms with Crippen molar-refractivity contribution in [2.75, 3.05) is 25.5 Å². The number of methoxy groups -OCH3 is 1. The van der Waals surface area contributed by atoms with Gasteiger partial charge in [-0.15, -0.1) is 10.2 Å². The van der Waals surface area contributed by atoms with Crippen molar-refractivity contribution in [3.05, 3.63) is 59.1 Å². The molecule has 0 saturated heterocycles. The number of carbonyl (C=O) groups is 2. The summed E-state index contributed by atoms with van der Waals surface area (Å²) in [6.45, 7) is 2.85. The van der Waals surface area contributed by atoms with Gasteiger partial charge in [-0.1, -0.05) is 48.1 Å². The third-order valence-corrected chi connectivity index (χ3v) is 5.61. The van der Waals surface area contributed by atoms with E-state index in [2.05, 4.69) is 15.5 Å². The molecule has 0 aliphatic rings. The highest BCUT2D eigenvalue weighted by Gasteiger charge is 2.17. The molecule has 162 valence electrons. The molecule has 2 aromatic carbocycles. The fraction of sp³-hybridized carbons (Fsp3) is 0.273. The molecule has 0 spiro atoms. The third kappa shape index (κ3) is 6.26. The van der Waals surface area contributed by atoms with Crippen LogP contribution in [0, 0.1) is 0 Å². The van der Waals surface area contributed by atoms with Crippen molar-refractivity contribution in [3.8, 4) is 16.3 Å². The summed E-state index contributed by atoms with van der Waals surface area (Å²) < 4.78 is 5.20. The van der Waals surface area contributed by atoms with Crippen molar-refractivity contribution in [2.24, 2.45) is 0 Å². The minimum Gasteiger partial charge on any atom is -0.497 e. The van der Waals surface area contributed by atoms with E-state index in [1.54, 1.807) is 48.4 Å². The monoisotopic (exact) mass is 458 g/mol. The molecule has 0 atom stereocenters. The summed E-state index contributed by atoms with van der Waals surface area (Å²) in [7, 11) is 1.56. The van der Waals surface area contributed by atoms with E-state index in [1.165, 1.54) is 11.3 Å². The summed E-state index contributed by atoms with van der Waals surface area (Å²) in [5, 5.41) is 12.6. The minimum atomic E-state index is -0.224. The van der Waals surface area contributed by atoms with Crippen LogP contribution >= 0.6 is 22.9 Å². The molecular weight excluding hydrogens is 436 g/mol. The predicted molar refractivity (Wildman–Crippen MR) is 123 cm³/mol. The molecule has 7 nitrogen and oxygen atoms in total. The first-order valence-corrected chi connectivity index (χ1v) is 11.0. The molecule has 1 N–H and O–H groups in total. The highest BCUT2D eigenvalue weighted by Crippen LogP contribution is 2.27. The van der Waals surface area contributed by atoms with E-state index in [-0.39, 0.29) is 18.2 Å². The molecule has 0 aliphatic heterocycles. The lowest BCUT2D eigenvalue weighted by atomic mass is 10.1. The Kier molecular flexibility index (Phi) is 7.97. The molecule has 0 radical (unpaired) electrons. The molecule has 1 heterocycles.